The number of carbonyl (C=O) groups is 4. The summed E-state index contributed by atoms with van der Waals surface area (Å²) in [7, 11) is 4.61. The van der Waals surface area contributed by atoms with Gasteiger partial charge in [-0.25, -0.2) is 4.79 Å². The van der Waals surface area contributed by atoms with Gasteiger partial charge in [0.2, 0.25) is 11.4 Å². The molecule has 1 saturated carbocycles. The summed E-state index contributed by atoms with van der Waals surface area (Å²) >= 11 is 0. The first-order valence-electron chi connectivity index (χ1n) is 24.6. The fourth-order valence-electron chi connectivity index (χ4n) is 10.8. The quantitative estimate of drug-likeness (QED) is 0.151. The number of nitrogens with zero attached hydrogens (tertiary/aromatic N) is 1. The number of ketones is 2. The van der Waals surface area contributed by atoms with Gasteiger partial charge in [0, 0.05) is 58.5 Å². The minimum atomic E-state index is -1.96. The number of aliphatic hydroxyl groups is 3. The molecule has 66 heavy (non-hydrogen) atoms. The molecule has 4 aliphatic heterocycles. The second kappa shape index (κ2) is 24.0. The van der Waals surface area contributed by atoms with Gasteiger partial charge in [0.05, 0.1) is 31.0 Å². The van der Waals surface area contributed by atoms with Crippen molar-refractivity contribution in [3.05, 3.63) is 47.6 Å². The number of aliphatic hydroxyl groups excluding tert-OH is 2. The zero-order valence-corrected chi connectivity index (χ0v) is 41.3. The average Bonchev–Trinajstić information content (AvgIpc) is 4.12. The Kier molecular flexibility index (Phi) is 19.6. The zero-order valence-electron chi connectivity index (χ0n) is 41.3. The molecule has 3 N–H and O–H groups in total. The molecule has 2 bridgehead atoms. The summed E-state index contributed by atoms with van der Waals surface area (Å²) in [5.41, 5.74) is -0.349. The molecule has 14 heteroatoms. The molecular weight excluding hydrogens is 847 g/mol. The summed E-state index contributed by atoms with van der Waals surface area (Å²) in [5.74, 6) is -5.27. The molecule has 0 aromatic carbocycles. The van der Waals surface area contributed by atoms with Crippen molar-refractivity contribution in [2.45, 2.75) is 186 Å². The van der Waals surface area contributed by atoms with Gasteiger partial charge in [0.25, 0.3) is 5.91 Å². The van der Waals surface area contributed by atoms with Crippen LogP contribution < -0.4 is 0 Å². The summed E-state index contributed by atoms with van der Waals surface area (Å²) < 4.78 is 36.0. The highest BCUT2D eigenvalue weighted by Gasteiger charge is 2.72. The molecule has 0 radical (unpaired) electrons. The Labute approximate surface area is 393 Å². The Balaban J connectivity index is 1.48. The highest BCUT2D eigenvalue weighted by Crippen LogP contribution is 2.50. The summed E-state index contributed by atoms with van der Waals surface area (Å²) in [6, 6.07) is -0.980. The number of carbonyl (C=O) groups excluding carboxylic acids is 4. The van der Waals surface area contributed by atoms with Crippen molar-refractivity contribution in [2.24, 2.45) is 35.5 Å². The molecule has 372 valence electrons. The number of esters is 1. The van der Waals surface area contributed by atoms with Crippen LogP contribution in [0.15, 0.2) is 47.6 Å². The number of allylic oxidation sites excluding steroid dienone is 6. The molecule has 3 saturated heterocycles. The lowest BCUT2D eigenvalue weighted by atomic mass is 9.78. The van der Waals surface area contributed by atoms with E-state index in [1.807, 2.05) is 65.0 Å². The smallest absolute Gasteiger partial charge is 0.329 e. The number of fused-ring (bicyclic) bond motifs is 4. The monoisotopic (exact) mass is 928 g/mol. The van der Waals surface area contributed by atoms with Crippen LogP contribution in [0.25, 0.3) is 0 Å². The largest absolute Gasteiger partial charge is 0.460 e. The molecule has 4 heterocycles. The summed E-state index contributed by atoms with van der Waals surface area (Å²) in [6.07, 6.45) is 12.7. The Bertz CT molecular complexity index is 1790. The third-order valence-corrected chi connectivity index (χ3v) is 15.3. The van der Waals surface area contributed by atoms with Crippen LogP contribution in [-0.4, -0.2) is 138 Å². The first kappa shape index (κ1) is 53.9. The number of hydrogen-bond acceptors (Lipinski definition) is 13. The predicted octanol–water partition coefficient (Wildman–Crippen LogP) is 6.38. The van der Waals surface area contributed by atoms with Crippen molar-refractivity contribution >= 4 is 23.4 Å². The van der Waals surface area contributed by atoms with Crippen LogP contribution in [0.4, 0.5) is 0 Å². The Morgan fingerprint density at radius 3 is 2.26 bits per heavy atom. The second-order valence-corrected chi connectivity index (χ2v) is 20.4. The number of hydrogen-bond donors (Lipinski definition) is 3. The van der Waals surface area contributed by atoms with E-state index in [9.17, 15) is 34.5 Å². The van der Waals surface area contributed by atoms with Gasteiger partial charge in [-0.2, -0.15) is 0 Å². The number of piperidine rings is 1. The molecule has 5 aliphatic rings. The number of methoxy groups -OCH3 is 3. The molecule has 0 aromatic heterocycles. The number of ether oxygens (including phenoxy) is 6. The van der Waals surface area contributed by atoms with Gasteiger partial charge in [-0.1, -0.05) is 71.1 Å². The lowest BCUT2D eigenvalue weighted by molar-refractivity contribution is -0.309. The highest BCUT2D eigenvalue weighted by molar-refractivity contribution is 5.93. The Morgan fingerprint density at radius 1 is 0.864 bits per heavy atom. The molecule has 1 spiro atoms. The lowest BCUT2D eigenvalue weighted by Gasteiger charge is -2.47. The zero-order chi connectivity index (χ0) is 48.5. The van der Waals surface area contributed by atoms with Crippen molar-refractivity contribution < 1.29 is 62.9 Å². The minimum Gasteiger partial charge on any atom is -0.460 e. The van der Waals surface area contributed by atoms with Crippen molar-refractivity contribution in [1.82, 2.24) is 4.90 Å². The first-order chi connectivity index (χ1) is 31.3. The van der Waals surface area contributed by atoms with Crippen molar-refractivity contribution in [2.75, 3.05) is 34.5 Å². The maximum absolute atomic E-state index is 14.8. The van der Waals surface area contributed by atoms with Gasteiger partial charge >= 0.3 is 5.97 Å². The van der Waals surface area contributed by atoms with Gasteiger partial charge in [-0.15, -0.1) is 0 Å². The topological polar surface area (TPSA) is 191 Å². The molecule has 1 aliphatic carbocycles. The van der Waals surface area contributed by atoms with E-state index in [2.05, 4.69) is 0 Å². The van der Waals surface area contributed by atoms with E-state index in [-0.39, 0.29) is 61.1 Å². The maximum atomic E-state index is 14.8. The van der Waals surface area contributed by atoms with Crippen LogP contribution in [0.2, 0.25) is 0 Å². The number of epoxide rings is 1. The van der Waals surface area contributed by atoms with Crippen LogP contribution in [0, 0.1) is 35.5 Å². The van der Waals surface area contributed by atoms with E-state index in [0.29, 0.717) is 69.8 Å². The van der Waals surface area contributed by atoms with E-state index in [1.165, 1.54) is 12.0 Å². The second-order valence-electron chi connectivity index (χ2n) is 20.4. The van der Waals surface area contributed by atoms with Crippen molar-refractivity contribution in [3.63, 3.8) is 0 Å². The third kappa shape index (κ3) is 12.8. The molecule has 7 unspecified atom stereocenters. The third-order valence-electron chi connectivity index (χ3n) is 15.3. The number of rotatable bonds is 6. The first-order valence-corrected chi connectivity index (χ1v) is 24.6. The molecule has 4 fully saturated rings. The fraction of sp³-hybridized carbons (Fsp3) is 0.769. The van der Waals surface area contributed by atoms with Crippen LogP contribution >= 0.6 is 0 Å². The normalized spacial score (nSPS) is 42.9. The molecule has 16 atom stereocenters. The fourth-order valence-corrected chi connectivity index (χ4v) is 10.8. The molecule has 14 nitrogen and oxygen atoms in total. The molecular formula is C52H81NO13. The predicted molar refractivity (Wildman–Crippen MR) is 249 cm³/mol. The van der Waals surface area contributed by atoms with Gasteiger partial charge in [-0.3, -0.25) is 14.4 Å². The van der Waals surface area contributed by atoms with Gasteiger partial charge in [-0.05, 0) is 107 Å². The van der Waals surface area contributed by atoms with Crippen molar-refractivity contribution in [3.8, 4) is 0 Å². The van der Waals surface area contributed by atoms with E-state index < -0.39 is 77.6 Å². The minimum absolute atomic E-state index is 0.0388. The SMILES string of the molecule is CO[C@H]1C[C@@H]2CC[C@@H](C)[C@@](O)(O2)C2(CO2)C(=O)N2CCCCC2C(=O)OC([C@H](C)CC2CC[C@@H](O)[C@H](OC)C2)CC(=O)[C@H](C)/C=C(\C)C(O)[C@@H](OC)C(=O)C(C)CC(C)/C=C/C=C/C=C/1C. The van der Waals surface area contributed by atoms with Crippen LogP contribution in [-0.2, 0) is 47.6 Å². The van der Waals surface area contributed by atoms with E-state index in [1.54, 1.807) is 34.1 Å². The summed E-state index contributed by atoms with van der Waals surface area (Å²) in [5, 5.41) is 34.5. The molecule has 5 rings (SSSR count). The average molecular weight is 928 g/mol. The summed E-state index contributed by atoms with van der Waals surface area (Å²) in [4.78, 5) is 58.8. The van der Waals surface area contributed by atoms with Crippen molar-refractivity contribution in [1.29, 1.82) is 0 Å². The maximum Gasteiger partial charge on any atom is 0.329 e. The van der Waals surface area contributed by atoms with Crippen LogP contribution in [0.5, 0.6) is 0 Å². The summed E-state index contributed by atoms with van der Waals surface area (Å²) in [6.45, 7) is 13.2. The van der Waals surface area contributed by atoms with Crippen LogP contribution in [0.1, 0.15) is 126 Å². The number of Topliss-reactive ketones (excluding diaryl/α,β-unsaturated/α-hetero) is 2. The molecule has 1 amide bonds. The van der Waals surface area contributed by atoms with Gasteiger partial charge < -0.3 is 48.6 Å². The lowest BCUT2D eigenvalue weighted by Crippen LogP contribution is -2.65. The Morgan fingerprint density at radius 2 is 1.59 bits per heavy atom. The van der Waals surface area contributed by atoms with Gasteiger partial charge in [0.1, 0.15) is 30.1 Å². The van der Waals surface area contributed by atoms with E-state index in [4.69, 9.17) is 28.4 Å². The highest BCUT2D eigenvalue weighted by atomic mass is 16.7. The van der Waals surface area contributed by atoms with E-state index in [0.717, 1.165) is 12.0 Å². The van der Waals surface area contributed by atoms with E-state index >= 15 is 0 Å². The number of amides is 1. The van der Waals surface area contributed by atoms with Crippen LogP contribution in [0.3, 0.4) is 0 Å². The molecule has 0 aromatic rings. The number of cyclic esters (lactones) is 1. The van der Waals surface area contributed by atoms with Gasteiger partial charge in [0.15, 0.2) is 5.78 Å². The standard InChI is InChI=1S/C52H81NO13/c1-31-16-12-11-13-17-32(2)43(61-8)28-39-21-19-37(7)52(60,66-39)51(30-64-51)50(59)53-23-15-14-18-40(53)49(58)65-44(34(4)26-38-20-22-41(54)45(27-38)62-9)29-42(55)33(3)25-36(6)47(57)48(63-10)46(56)35(5)24-31/h11-13,16-17,25,31,33-35,37-41,43-45,47-48,54,57,60H,14-15,18-24,26-30H2,1-10H3/b13-11+,16-12+,32-17+,36-25+/t31?,33-,34-,35?,37-,38?,39+,40?,41-,43+,44?,45-,47?,48+,51?,52-/m1/s1. The Hall–Kier alpha value is -3.08.